The van der Waals surface area contributed by atoms with Crippen LogP contribution in [-0.2, 0) is 14.8 Å². The average molecular weight is 299 g/mol. The second-order valence-corrected chi connectivity index (χ2v) is 6.60. The van der Waals surface area contributed by atoms with Gasteiger partial charge in [-0.1, -0.05) is 0 Å². The molecule has 8 heteroatoms. The van der Waals surface area contributed by atoms with E-state index in [4.69, 9.17) is 10.5 Å². The Morgan fingerprint density at radius 2 is 2.25 bits per heavy atom. The van der Waals surface area contributed by atoms with Crippen molar-refractivity contribution < 1.29 is 17.9 Å². The molecule has 0 aliphatic carbocycles. The molecule has 20 heavy (non-hydrogen) atoms. The van der Waals surface area contributed by atoms with Gasteiger partial charge in [-0.3, -0.25) is 4.79 Å². The molecule has 1 heterocycles. The molecule has 1 aliphatic heterocycles. The molecule has 1 aromatic rings. The molecule has 0 unspecified atom stereocenters. The number of amides is 1. The zero-order chi connectivity index (χ0) is 14.8. The van der Waals surface area contributed by atoms with Crippen molar-refractivity contribution in [3.63, 3.8) is 0 Å². The molecular weight excluding hydrogens is 282 g/mol. The maximum Gasteiger partial charge on any atom is 0.239 e. The Labute approximate surface area is 117 Å². The third-order valence-electron chi connectivity index (χ3n) is 3.02. The monoisotopic (exact) mass is 299 g/mol. The van der Waals surface area contributed by atoms with Gasteiger partial charge in [-0.2, -0.15) is 4.31 Å². The first-order chi connectivity index (χ1) is 9.42. The van der Waals surface area contributed by atoms with Gasteiger partial charge in [-0.15, -0.1) is 0 Å². The topological polar surface area (TPSA) is 102 Å². The third kappa shape index (κ3) is 3.20. The van der Waals surface area contributed by atoms with Crippen molar-refractivity contribution in [2.45, 2.75) is 6.42 Å². The molecule has 0 spiro atoms. The zero-order valence-corrected chi connectivity index (χ0v) is 11.9. The van der Waals surface area contributed by atoms with E-state index in [1.165, 1.54) is 11.4 Å². The minimum Gasteiger partial charge on any atom is -0.494 e. The lowest BCUT2D eigenvalue weighted by molar-refractivity contribution is -0.116. The number of nitrogens with two attached hydrogens (primary N) is 1. The maximum absolute atomic E-state index is 11.9. The van der Waals surface area contributed by atoms with Gasteiger partial charge >= 0.3 is 0 Å². The number of hydrogen-bond donors (Lipinski definition) is 2. The second kappa shape index (κ2) is 5.68. The molecule has 3 N–H and O–H groups in total. The van der Waals surface area contributed by atoms with Crippen molar-refractivity contribution in [1.82, 2.24) is 4.31 Å². The number of rotatable bonds is 4. The quantitative estimate of drug-likeness (QED) is 0.776. The molecule has 1 saturated heterocycles. The second-order valence-electron chi connectivity index (χ2n) is 4.51. The van der Waals surface area contributed by atoms with Crippen molar-refractivity contribution in [2.75, 3.05) is 37.0 Å². The van der Waals surface area contributed by atoms with Crippen LogP contribution < -0.4 is 15.8 Å². The first-order valence-electron chi connectivity index (χ1n) is 6.13. The van der Waals surface area contributed by atoms with Crippen LogP contribution >= 0.6 is 0 Å². The van der Waals surface area contributed by atoms with Crippen LogP contribution in [-0.4, -0.2) is 44.6 Å². The fourth-order valence-corrected chi connectivity index (χ4v) is 3.50. The first-order valence-corrected chi connectivity index (χ1v) is 7.74. The molecule has 2 rings (SSSR count). The van der Waals surface area contributed by atoms with Gasteiger partial charge in [0.15, 0.2) is 0 Å². The van der Waals surface area contributed by atoms with Gasteiger partial charge in [0.1, 0.15) is 5.75 Å². The molecule has 0 bridgehead atoms. The van der Waals surface area contributed by atoms with E-state index in [0.717, 1.165) is 0 Å². The van der Waals surface area contributed by atoms with Crippen LogP contribution in [0.15, 0.2) is 18.2 Å². The number of benzene rings is 1. The van der Waals surface area contributed by atoms with Crippen LogP contribution in [0.3, 0.4) is 0 Å². The summed E-state index contributed by atoms with van der Waals surface area (Å²) in [5.74, 6) is 0.132. The number of anilines is 2. The summed E-state index contributed by atoms with van der Waals surface area (Å²) in [4.78, 5) is 11.9. The number of carbonyl (C=O) groups excluding carboxylic acids is 1. The molecule has 1 amide bonds. The number of carbonyl (C=O) groups is 1. The lowest BCUT2D eigenvalue weighted by atomic mass is 10.2. The van der Waals surface area contributed by atoms with Crippen molar-refractivity contribution in [3.05, 3.63) is 18.2 Å². The predicted octanol–water partition coefficient (Wildman–Crippen LogP) is 0.251. The minimum absolute atomic E-state index is 0.103. The highest BCUT2D eigenvalue weighted by Gasteiger charge is 2.29. The van der Waals surface area contributed by atoms with E-state index in [2.05, 4.69) is 5.32 Å². The van der Waals surface area contributed by atoms with Crippen LogP contribution in [0.5, 0.6) is 5.75 Å². The predicted molar refractivity (Wildman–Crippen MR) is 76.0 cm³/mol. The van der Waals surface area contributed by atoms with Crippen LogP contribution in [0.1, 0.15) is 6.42 Å². The summed E-state index contributed by atoms with van der Waals surface area (Å²) in [6.45, 7) is 0.199. The number of nitrogens with one attached hydrogen (secondary N) is 1. The normalized spacial score (nSPS) is 17.9. The van der Waals surface area contributed by atoms with Crippen molar-refractivity contribution >= 4 is 27.3 Å². The van der Waals surface area contributed by atoms with Gasteiger partial charge < -0.3 is 15.8 Å². The Morgan fingerprint density at radius 3 is 2.85 bits per heavy atom. The van der Waals surface area contributed by atoms with Gasteiger partial charge in [0, 0.05) is 18.3 Å². The van der Waals surface area contributed by atoms with Crippen LogP contribution in [0, 0.1) is 0 Å². The summed E-state index contributed by atoms with van der Waals surface area (Å²) in [6.07, 6.45) is 0.556. The summed E-state index contributed by atoms with van der Waals surface area (Å²) in [6, 6.07) is 4.83. The van der Waals surface area contributed by atoms with E-state index < -0.39 is 15.9 Å². The SMILES string of the molecule is COc1cc(N)ccc1NC(=O)CN1CCCS1(=O)=O. The van der Waals surface area contributed by atoms with Gasteiger partial charge in [-0.25, -0.2) is 8.42 Å². The van der Waals surface area contributed by atoms with Gasteiger partial charge in [-0.05, 0) is 18.6 Å². The average Bonchev–Trinajstić information content (AvgIpc) is 2.71. The molecule has 110 valence electrons. The van der Waals surface area contributed by atoms with E-state index >= 15 is 0 Å². The molecule has 0 saturated carbocycles. The number of sulfonamides is 1. The Hall–Kier alpha value is -1.80. The summed E-state index contributed by atoms with van der Waals surface area (Å²) >= 11 is 0. The van der Waals surface area contributed by atoms with E-state index in [1.807, 2.05) is 0 Å². The van der Waals surface area contributed by atoms with E-state index in [0.29, 0.717) is 30.1 Å². The number of nitrogens with zero attached hydrogens (tertiary/aromatic N) is 1. The summed E-state index contributed by atoms with van der Waals surface area (Å²) in [7, 11) is -1.81. The fraction of sp³-hybridized carbons (Fsp3) is 0.417. The Balaban J connectivity index is 2.05. The number of methoxy groups -OCH3 is 1. The number of ether oxygens (including phenoxy) is 1. The molecule has 0 atom stereocenters. The highest BCUT2D eigenvalue weighted by molar-refractivity contribution is 7.89. The van der Waals surface area contributed by atoms with E-state index in [1.54, 1.807) is 18.2 Å². The number of hydrogen-bond acceptors (Lipinski definition) is 5. The van der Waals surface area contributed by atoms with E-state index in [9.17, 15) is 13.2 Å². The fourth-order valence-electron chi connectivity index (χ4n) is 2.03. The first kappa shape index (κ1) is 14.6. The maximum atomic E-state index is 11.9. The molecule has 1 aromatic carbocycles. The molecular formula is C12H17N3O4S. The zero-order valence-electron chi connectivity index (χ0n) is 11.1. The standard InChI is InChI=1S/C12H17N3O4S/c1-19-11-7-9(13)3-4-10(11)14-12(16)8-15-5-2-6-20(15,17)18/h3-4,7H,2,5-6,8,13H2,1H3,(H,14,16). The number of nitrogen functional groups attached to an aromatic ring is 1. The van der Waals surface area contributed by atoms with Crippen molar-refractivity contribution in [1.29, 1.82) is 0 Å². The molecule has 0 radical (unpaired) electrons. The lowest BCUT2D eigenvalue weighted by Gasteiger charge is -2.15. The Kier molecular flexibility index (Phi) is 4.15. The van der Waals surface area contributed by atoms with Gasteiger partial charge in [0.25, 0.3) is 0 Å². The summed E-state index contributed by atoms with van der Waals surface area (Å²) in [5, 5.41) is 2.63. The third-order valence-corrected chi connectivity index (χ3v) is 4.93. The minimum atomic E-state index is -3.28. The molecule has 0 aromatic heterocycles. The van der Waals surface area contributed by atoms with Gasteiger partial charge in [0.05, 0.1) is 25.1 Å². The summed E-state index contributed by atoms with van der Waals surface area (Å²) in [5.41, 5.74) is 6.60. The van der Waals surface area contributed by atoms with Crippen LogP contribution in [0.2, 0.25) is 0 Å². The highest BCUT2D eigenvalue weighted by atomic mass is 32.2. The molecule has 1 fully saturated rings. The highest BCUT2D eigenvalue weighted by Crippen LogP contribution is 2.26. The molecule has 1 aliphatic rings. The largest absolute Gasteiger partial charge is 0.494 e. The Morgan fingerprint density at radius 1 is 1.50 bits per heavy atom. The Bertz CT molecular complexity index is 615. The smallest absolute Gasteiger partial charge is 0.239 e. The van der Waals surface area contributed by atoms with Gasteiger partial charge in [0.2, 0.25) is 15.9 Å². The van der Waals surface area contributed by atoms with Crippen LogP contribution in [0.4, 0.5) is 11.4 Å². The van der Waals surface area contributed by atoms with Crippen molar-refractivity contribution in [2.24, 2.45) is 0 Å². The molecule has 7 nitrogen and oxygen atoms in total. The van der Waals surface area contributed by atoms with E-state index in [-0.39, 0.29) is 12.3 Å². The lowest BCUT2D eigenvalue weighted by Crippen LogP contribution is -2.34. The van der Waals surface area contributed by atoms with Crippen molar-refractivity contribution in [3.8, 4) is 5.75 Å². The van der Waals surface area contributed by atoms with Crippen LogP contribution in [0.25, 0.3) is 0 Å². The summed E-state index contributed by atoms with van der Waals surface area (Å²) < 4.78 is 29.5.